The third-order valence-corrected chi connectivity index (χ3v) is 3.21. The molecule has 1 aromatic rings. The minimum atomic E-state index is -1.27. The standard InChI is InChI=1S/C13H19NOSi/c1-16(2,3)10-9-13(15)14-11-12-7-5-4-6-8-12/h4-10H,11H2,1-3H3,(H,14,15). The summed E-state index contributed by atoms with van der Waals surface area (Å²) in [5.41, 5.74) is 3.17. The van der Waals surface area contributed by atoms with Gasteiger partial charge in [-0.25, -0.2) is 0 Å². The second-order valence-corrected chi connectivity index (χ2v) is 9.97. The fraction of sp³-hybridized carbons (Fsp3) is 0.308. The summed E-state index contributed by atoms with van der Waals surface area (Å²) >= 11 is 0. The lowest BCUT2D eigenvalue weighted by Crippen LogP contribution is -2.23. The van der Waals surface area contributed by atoms with Crippen LogP contribution in [0.2, 0.25) is 19.6 Å². The maximum absolute atomic E-state index is 11.5. The van der Waals surface area contributed by atoms with Crippen molar-refractivity contribution >= 4 is 14.0 Å². The van der Waals surface area contributed by atoms with E-state index in [1.54, 1.807) is 6.08 Å². The van der Waals surface area contributed by atoms with Gasteiger partial charge in [-0.3, -0.25) is 4.79 Å². The van der Waals surface area contributed by atoms with Gasteiger partial charge in [0.2, 0.25) is 5.91 Å². The van der Waals surface area contributed by atoms with Crippen molar-refractivity contribution in [2.75, 3.05) is 0 Å². The van der Waals surface area contributed by atoms with Gasteiger partial charge in [-0.15, -0.1) is 0 Å². The molecular formula is C13H19NOSi. The second-order valence-electron chi connectivity index (χ2n) is 4.90. The van der Waals surface area contributed by atoms with Crippen LogP contribution in [0.4, 0.5) is 0 Å². The molecule has 0 atom stereocenters. The molecule has 0 heterocycles. The van der Waals surface area contributed by atoms with Gasteiger partial charge in [-0.05, 0) is 11.6 Å². The largest absolute Gasteiger partial charge is 0.348 e. The van der Waals surface area contributed by atoms with Gasteiger partial charge in [0.05, 0.1) is 8.07 Å². The van der Waals surface area contributed by atoms with Crippen LogP contribution in [0.1, 0.15) is 5.56 Å². The first-order valence-electron chi connectivity index (χ1n) is 5.48. The van der Waals surface area contributed by atoms with Crippen LogP contribution in [0.3, 0.4) is 0 Å². The SMILES string of the molecule is C[Si](C)(C)C=CC(=O)NCc1ccccc1. The Kier molecular flexibility index (Phi) is 4.49. The highest BCUT2D eigenvalue weighted by Crippen LogP contribution is 2.01. The van der Waals surface area contributed by atoms with E-state index in [0.717, 1.165) is 5.56 Å². The number of rotatable bonds is 4. The molecular weight excluding hydrogens is 214 g/mol. The summed E-state index contributed by atoms with van der Waals surface area (Å²) in [4.78, 5) is 11.5. The van der Waals surface area contributed by atoms with E-state index >= 15 is 0 Å². The summed E-state index contributed by atoms with van der Waals surface area (Å²) in [6.07, 6.45) is 1.66. The maximum atomic E-state index is 11.5. The van der Waals surface area contributed by atoms with Crippen LogP contribution in [0.15, 0.2) is 42.1 Å². The molecule has 0 radical (unpaired) electrons. The van der Waals surface area contributed by atoms with E-state index in [4.69, 9.17) is 0 Å². The van der Waals surface area contributed by atoms with Gasteiger partial charge >= 0.3 is 0 Å². The Bertz CT molecular complexity index is 365. The van der Waals surface area contributed by atoms with Crippen molar-refractivity contribution in [3.8, 4) is 0 Å². The highest BCUT2D eigenvalue weighted by Gasteiger charge is 2.07. The molecule has 1 rings (SSSR count). The van der Waals surface area contributed by atoms with E-state index in [-0.39, 0.29) is 5.91 Å². The number of carbonyl (C=O) groups is 1. The smallest absolute Gasteiger partial charge is 0.243 e. The molecule has 0 aliphatic heterocycles. The third-order valence-electron chi connectivity index (χ3n) is 2.04. The van der Waals surface area contributed by atoms with Gasteiger partial charge in [0, 0.05) is 6.54 Å². The van der Waals surface area contributed by atoms with Crippen molar-refractivity contribution in [1.82, 2.24) is 5.32 Å². The molecule has 0 fully saturated rings. The molecule has 3 heteroatoms. The summed E-state index contributed by atoms with van der Waals surface area (Å²) in [7, 11) is -1.27. The van der Waals surface area contributed by atoms with E-state index in [9.17, 15) is 4.79 Å². The van der Waals surface area contributed by atoms with Crippen LogP contribution in [-0.4, -0.2) is 14.0 Å². The van der Waals surface area contributed by atoms with Crippen LogP contribution >= 0.6 is 0 Å². The highest BCUT2D eigenvalue weighted by molar-refractivity contribution is 6.81. The summed E-state index contributed by atoms with van der Waals surface area (Å²) in [5, 5.41) is 2.87. The maximum Gasteiger partial charge on any atom is 0.243 e. The summed E-state index contributed by atoms with van der Waals surface area (Å²) in [6, 6.07) is 9.92. The molecule has 86 valence electrons. The lowest BCUT2D eigenvalue weighted by molar-refractivity contribution is -0.116. The zero-order valence-corrected chi connectivity index (χ0v) is 11.2. The Morgan fingerprint density at radius 3 is 2.44 bits per heavy atom. The average Bonchev–Trinajstić information content (AvgIpc) is 2.24. The van der Waals surface area contributed by atoms with Crippen LogP contribution in [-0.2, 0) is 11.3 Å². The van der Waals surface area contributed by atoms with Crippen LogP contribution in [0.25, 0.3) is 0 Å². The van der Waals surface area contributed by atoms with Crippen molar-refractivity contribution < 1.29 is 4.79 Å². The predicted octanol–water partition coefficient (Wildman–Crippen LogP) is 2.74. The number of nitrogens with one attached hydrogen (secondary N) is 1. The Labute approximate surface area is 98.4 Å². The zero-order chi connectivity index (χ0) is 12.0. The molecule has 1 N–H and O–H groups in total. The van der Waals surface area contributed by atoms with Crippen molar-refractivity contribution in [3.05, 3.63) is 47.7 Å². The fourth-order valence-corrected chi connectivity index (χ4v) is 1.82. The quantitative estimate of drug-likeness (QED) is 0.629. The van der Waals surface area contributed by atoms with E-state index in [0.29, 0.717) is 6.54 Å². The predicted molar refractivity (Wildman–Crippen MR) is 70.8 cm³/mol. The molecule has 0 aliphatic carbocycles. The van der Waals surface area contributed by atoms with Crippen LogP contribution in [0, 0.1) is 0 Å². The van der Waals surface area contributed by atoms with E-state index in [1.165, 1.54) is 0 Å². The van der Waals surface area contributed by atoms with Gasteiger partial charge < -0.3 is 5.32 Å². The van der Waals surface area contributed by atoms with Gasteiger partial charge in [0.1, 0.15) is 0 Å². The molecule has 0 spiro atoms. The summed E-state index contributed by atoms with van der Waals surface area (Å²) in [5.74, 6) is -0.00808. The first kappa shape index (κ1) is 12.7. The second kappa shape index (κ2) is 5.65. The Morgan fingerprint density at radius 2 is 1.88 bits per heavy atom. The molecule has 0 aromatic heterocycles. The fourth-order valence-electron chi connectivity index (χ4n) is 1.17. The molecule has 0 saturated carbocycles. The van der Waals surface area contributed by atoms with E-state index in [1.807, 2.05) is 36.0 Å². The molecule has 0 aliphatic rings. The van der Waals surface area contributed by atoms with Crippen molar-refractivity contribution in [2.24, 2.45) is 0 Å². The summed E-state index contributed by atoms with van der Waals surface area (Å²) in [6.45, 7) is 7.20. The molecule has 0 bridgehead atoms. The Balaban J connectivity index is 2.40. The van der Waals surface area contributed by atoms with Gasteiger partial charge in [-0.2, -0.15) is 0 Å². The molecule has 0 saturated heterocycles. The van der Waals surface area contributed by atoms with Crippen molar-refractivity contribution in [3.63, 3.8) is 0 Å². The number of amides is 1. The Hall–Kier alpha value is -1.35. The van der Waals surface area contributed by atoms with E-state index in [2.05, 4.69) is 25.0 Å². The van der Waals surface area contributed by atoms with Gasteiger partial charge in [0.25, 0.3) is 0 Å². The topological polar surface area (TPSA) is 29.1 Å². The van der Waals surface area contributed by atoms with Crippen LogP contribution < -0.4 is 5.32 Å². The monoisotopic (exact) mass is 233 g/mol. The van der Waals surface area contributed by atoms with Crippen molar-refractivity contribution in [1.29, 1.82) is 0 Å². The average molecular weight is 233 g/mol. The Morgan fingerprint density at radius 1 is 1.25 bits per heavy atom. The normalized spacial score (nSPS) is 11.7. The van der Waals surface area contributed by atoms with E-state index < -0.39 is 8.07 Å². The van der Waals surface area contributed by atoms with Gasteiger partial charge in [0.15, 0.2) is 0 Å². The highest BCUT2D eigenvalue weighted by atomic mass is 28.3. The first-order valence-corrected chi connectivity index (χ1v) is 9.06. The number of carbonyl (C=O) groups excluding carboxylic acids is 1. The minimum absolute atomic E-state index is 0.00808. The number of hydrogen-bond acceptors (Lipinski definition) is 1. The van der Waals surface area contributed by atoms with Crippen LogP contribution in [0.5, 0.6) is 0 Å². The number of benzene rings is 1. The van der Waals surface area contributed by atoms with Crippen molar-refractivity contribution in [2.45, 2.75) is 26.2 Å². The lowest BCUT2D eigenvalue weighted by Gasteiger charge is -2.08. The molecule has 1 aromatic carbocycles. The number of hydrogen-bond donors (Lipinski definition) is 1. The summed E-state index contributed by atoms with van der Waals surface area (Å²) < 4.78 is 0. The van der Waals surface area contributed by atoms with Gasteiger partial charge in [-0.1, -0.05) is 55.7 Å². The zero-order valence-electron chi connectivity index (χ0n) is 10.2. The molecule has 16 heavy (non-hydrogen) atoms. The molecule has 1 amide bonds. The molecule has 0 unspecified atom stereocenters. The first-order chi connectivity index (χ1) is 7.47. The third kappa shape index (κ3) is 5.51. The molecule has 2 nitrogen and oxygen atoms in total. The minimum Gasteiger partial charge on any atom is -0.348 e. The lowest BCUT2D eigenvalue weighted by atomic mass is 10.2.